The maximum atomic E-state index is 11.9. The highest BCUT2D eigenvalue weighted by atomic mass is 16.2. The summed E-state index contributed by atoms with van der Waals surface area (Å²) < 4.78 is 2.38. The number of hydrogen-bond acceptors (Lipinski definition) is 5. The van der Waals surface area contributed by atoms with Gasteiger partial charge in [-0.3, -0.25) is 13.9 Å². The number of fused-ring (bicyclic) bond motifs is 1. The van der Waals surface area contributed by atoms with E-state index in [-0.39, 0.29) is 11.1 Å². The summed E-state index contributed by atoms with van der Waals surface area (Å²) in [6.07, 6.45) is 1.44. The maximum Gasteiger partial charge on any atom is 0.332 e. The van der Waals surface area contributed by atoms with Crippen molar-refractivity contribution >= 4 is 17.0 Å². The summed E-state index contributed by atoms with van der Waals surface area (Å²) in [4.78, 5) is 32.2. The fourth-order valence-corrected chi connectivity index (χ4v) is 1.76. The van der Waals surface area contributed by atoms with Crippen LogP contribution in [0.15, 0.2) is 15.8 Å². The van der Waals surface area contributed by atoms with Crippen LogP contribution in [-0.2, 0) is 14.1 Å². The van der Waals surface area contributed by atoms with Crippen LogP contribution in [0.4, 0.5) is 5.95 Å². The summed E-state index contributed by atoms with van der Waals surface area (Å²) in [7, 11) is 3.02. The molecular weight excluding hydrogens is 246 g/mol. The normalized spacial score (nSPS) is 11.8. The Labute approximate surface area is 109 Å². The molecule has 0 aliphatic heterocycles. The monoisotopic (exact) mass is 263 g/mol. The number of aromatic nitrogens is 4. The smallest absolute Gasteiger partial charge is 0.332 e. The molecule has 0 aliphatic carbocycles. The van der Waals surface area contributed by atoms with Gasteiger partial charge in [0.2, 0.25) is 5.95 Å². The number of aryl methyl sites for hydroxylation is 1. The second kappa shape index (κ2) is 4.18. The average Bonchev–Trinajstić information content (AvgIpc) is 2.31. The predicted molar refractivity (Wildman–Crippen MR) is 73.4 cm³/mol. The zero-order valence-electron chi connectivity index (χ0n) is 11.7. The number of nitrogens with zero attached hydrogens (tertiary/aromatic N) is 4. The standard InChI is InChI=1S/C12H17N5O2/c1-12(2,3)15-10-13-6-7-8(14-10)16(4)11(19)17(5)9(7)18/h6H,1-5H3,(H,13,14,15). The molecule has 0 saturated carbocycles. The Morgan fingerprint density at radius 1 is 1.16 bits per heavy atom. The molecule has 2 aromatic rings. The molecule has 0 bridgehead atoms. The molecule has 0 fully saturated rings. The molecule has 0 atom stereocenters. The van der Waals surface area contributed by atoms with E-state index in [2.05, 4.69) is 15.3 Å². The third-order valence-electron chi connectivity index (χ3n) is 2.68. The fourth-order valence-electron chi connectivity index (χ4n) is 1.76. The summed E-state index contributed by atoms with van der Waals surface area (Å²) in [5.41, 5.74) is -0.667. The molecule has 2 aromatic heterocycles. The van der Waals surface area contributed by atoms with Gasteiger partial charge in [-0.15, -0.1) is 0 Å². The molecule has 0 aromatic carbocycles. The van der Waals surface area contributed by atoms with Gasteiger partial charge < -0.3 is 5.32 Å². The molecule has 0 unspecified atom stereocenters. The van der Waals surface area contributed by atoms with E-state index in [0.29, 0.717) is 17.0 Å². The van der Waals surface area contributed by atoms with Crippen molar-refractivity contribution in [2.24, 2.45) is 14.1 Å². The lowest BCUT2D eigenvalue weighted by Gasteiger charge is -2.20. The molecule has 7 heteroatoms. The van der Waals surface area contributed by atoms with Crippen LogP contribution >= 0.6 is 0 Å². The van der Waals surface area contributed by atoms with Gasteiger partial charge in [-0.2, -0.15) is 4.98 Å². The molecule has 0 radical (unpaired) electrons. The molecule has 19 heavy (non-hydrogen) atoms. The van der Waals surface area contributed by atoms with Crippen LogP contribution in [0, 0.1) is 0 Å². The van der Waals surface area contributed by atoms with Gasteiger partial charge >= 0.3 is 5.69 Å². The van der Waals surface area contributed by atoms with Crippen molar-refractivity contribution in [3.05, 3.63) is 27.0 Å². The average molecular weight is 263 g/mol. The van der Waals surface area contributed by atoms with Crippen molar-refractivity contribution in [2.75, 3.05) is 5.32 Å². The van der Waals surface area contributed by atoms with Crippen molar-refractivity contribution in [1.82, 2.24) is 19.1 Å². The Hall–Kier alpha value is -2.18. The Morgan fingerprint density at radius 2 is 1.79 bits per heavy atom. The van der Waals surface area contributed by atoms with E-state index >= 15 is 0 Å². The highest BCUT2D eigenvalue weighted by molar-refractivity contribution is 5.73. The third kappa shape index (κ3) is 2.35. The highest BCUT2D eigenvalue weighted by Gasteiger charge is 2.14. The zero-order valence-corrected chi connectivity index (χ0v) is 11.7. The van der Waals surface area contributed by atoms with Crippen LogP contribution in [0.3, 0.4) is 0 Å². The quantitative estimate of drug-likeness (QED) is 0.797. The van der Waals surface area contributed by atoms with E-state index < -0.39 is 5.69 Å². The minimum Gasteiger partial charge on any atom is -0.350 e. The molecule has 7 nitrogen and oxygen atoms in total. The first-order chi connectivity index (χ1) is 8.70. The van der Waals surface area contributed by atoms with E-state index in [4.69, 9.17) is 0 Å². The van der Waals surface area contributed by atoms with Crippen molar-refractivity contribution in [2.45, 2.75) is 26.3 Å². The van der Waals surface area contributed by atoms with Crippen LogP contribution < -0.4 is 16.6 Å². The SMILES string of the molecule is Cn1c(=O)c2cnc(NC(C)(C)C)nc2n(C)c1=O. The Kier molecular flexibility index (Phi) is 2.92. The summed E-state index contributed by atoms with van der Waals surface area (Å²) in [6, 6.07) is 0. The lowest BCUT2D eigenvalue weighted by atomic mass is 10.1. The van der Waals surface area contributed by atoms with Gasteiger partial charge in [-0.1, -0.05) is 0 Å². The van der Waals surface area contributed by atoms with Crippen LogP contribution in [0.5, 0.6) is 0 Å². The molecule has 0 saturated heterocycles. The first kappa shape index (κ1) is 13.3. The van der Waals surface area contributed by atoms with E-state index in [1.165, 1.54) is 17.8 Å². The first-order valence-corrected chi connectivity index (χ1v) is 5.91. The molecule has 1 N–H and O–H groups in total. The zero-order chi connectivity index (χ0) is 14.4. The minimum atomic E-state index is -0.405. The van der Waals surface area contributed by atoms with E-state index in [9.17, 15) is 9.59 Å². The van der Waals surface area contributed by atoms with Crippen molar-refractivity contribution in [3.8, 4) is 0 Å². The second-order valence-electron chi connectivity index (χ2n) is 5.51. The van der Waals surface area contributed by atoms with Gasteiger partial charge in [0, 0.05) is 25.8 Å². The Morgan fingerprint density at radius 3 is 2.37 bits per heavy atom. The Bertz CT molecular complexity index is 752. The summed E-state index contributed by atoms with van der Waals surface area (Å²) in [5, 5.41) is 3.43. The number of hydrogen-bond donors (Lipinski definition) is 1. The molecule has 102 valence electrons. The first-order valence-electron chi connectivity index (χ1n) is 5.91. The number of anilines is 1. The Balaban J connectivity index is 2.74. The van der Waals surface area contributed by atoms with E-state index in [1.807, 2.05) is 20.8 Å². The molecule has 2 heterocycles. The largest absolute Gasteiger partial charge is 0.350 e. The molecule has 0 amide bonds. The summed E-state index contributed by atoms with van der Waals surface area (Å²) in [5.74, 6) is 0.392. The fraction of sp³-hybridized carbons (Fsp3) is 0.500. The van der Waals surface area contributed by atoms with Gasteiger partial charge in [0.05, 0.1) is 0 Å². The van der Waals surface area contributed by atoms with Crippen LogP contribution in [0.1, 0.15) is 20.8 Å². The number of nitrogens with one attached hydrogen (secondary N) is 1. The van der Waals surface area contributed by atoms with Gasteiger partial charge in [0.15, 0.2) is 5.65 Å². The van der Waals surface area contributed by atoms with Gasteiger partial charge in [-0.25, -0.2) is 9.78 Å². The third-order valence-corrected chi connectivity index (χ3v) is 2.68. The predicted octanol–water partition coefficient (Wildman–Crippen LogP) is 0.238. The lowest BCUT2D eigenvalue weighted by Crippen LogP contribution is -2.37. The van der Waals surface area contributed by atoms with Crippen LogP contribution in [0.25, 0.3) is 11.0 Å². The van der Waals surface area contributed by atoms with Crippen molar-refractivity contribution in [1.29, 1.82) is 0 Å². The molecule has 0 spiro atoms. The second-order valence-corrected chi connectivity index (χ2v) is 5.51. The summed E-state index contributed by atoms with van der Waals surface area (Å²) in [6.45, 7) is 5.93. The molecule has 2 rings (SSSR count). The van der Waals surface area contributed by atoms with E-state index in [0.717, 1.165) is 4.57 Å². The lowest BCUT2D eigenvalue weighted by molar-refractivity contribution is 0.625. The maximum absolute atomic E-state index is 11.9. The van der Waals surface area contributed by atoms with Crippen LogP contribution in [0.2, 0.25) is 0 Å². The van der Waals surface area contributed by atoms with Gasteiger partial charge in [-0.05, 0) is 20.8 Å². The summed E-state index contributed by atoms with van der Waals surface area (Å²) >= 11 is 0. The van der Waals surface area contributed by atoms with E-state index in [1.54, 1.807) is 7.05 Å². The van der Waals surface area contributed by atoms with Gasteiger partial charge in [0.1, 0.15) is 5.39 Å². The topological polar surface area (TPSA) is 81.8 Å². The molecular formula is C12H17N5O2. The highest BCUT2D eigenvalue weighted by Crippen LogP contribution is 2.11. The number of rotatable bonds is 1. The van der Waals surface area contributed by atoms with Crippen LogP contribution in [-0.4, -0.2) is 24.6 Å². The van der Waals surface area contributed by atoms with Crippen molar-refractivity contribution < 1.29 is 0 Å². The van der Waals surface area contributed by atoms with Crippen molar-refractivity contribution in [3.63, 3.8) is 0 Å². The minimum absolute atomic E-state index is 0.202. The molecule has 0 aliphatic rings. The van der Waals surface area contributed by atoms with Gasteiger partial charge in [0.25, 0.3) is 5.56 Å².